The maximum absolute atomic E-state index is 6.03. The number of nitrogens with two attached hydrogens (primary N) is 1. The van der Waals surface area contributed by atoms with Crippen LogP contribution < -0.4 is 10.5 Å². The number of ether oxygens (including phenoxy) is 1. The molecule has 0 aliphatic carbocycles. The first-order chi connectivity index (χ1) is 10.3. The molecule has 0 aromatic heterocycles. The minimum absolute atomic E-state index is 0.113. The molecule has 1 aliphatic heterocycles. The Morgan fingerprint density at radius 2 is 1.76 bits per heavy atom. The van der Waals surface area contributed by atoms with Crippen molar-refractivity contribution in [2.24, 2.45) is 10.7 Å². The summed E-state index contributed by atoms with van der Waals surface area (Å²) in [4.78, 5) is 4.60. The highest BCUT2D eigenvalue weighted by molar-refractivity contribution is 8.14. The predicted octanol–water partition coefficient (Wildman–Crippen LogP) is 3.93. The Hall–Kier alpha value is -1.94. The van der Waals surface area contributed by atoms with Crippen molar-refractivity contribution in [3.63, 3.8) is 0 Å². The molecule has 0 radical (unpaired) electrons. The van der Waals surface area contributed by atoms with Crippen LogP contribution in [0.1, 0.15) is 28.8 Å². The van der Waals surface area contributed by atoms with Crippen LogP contribution in [-0.4, -0.2) is 12.3 Å². The standard InChI is InChI=1S/C17H18N2OS/c1-20-14-9-7-12(8-10-14)15-11-16(21-17(18)19-15)13-5-3-2-4-6-13/h2-10,15-16H,11H2,1H3,(H2,18,19)/t15-,16+/m0/s1. The molecule has 0 saturated heterocycles. The Balaban J connectivity index is 1.84. The van der Waals surface area contributed by atoms with E-state index in [9.17, 15) is 0 Å². The number of nitrogens with zero attached hydrogens (tertiary/aromatic N) is 1. The summed E-state index contributed by atoms with van der Waals surface area (Å²) in [7, 11) is 1.67. The van der Waals surface area contributed by atoms with Crippen LogP contribution in [0.5, 0.6) is 5.75 Å². The van der Waals surface area contributed by atoms with Crippen LogP contribution in [-0.2, 0) is 0 Å². The molecule has 3 nitrogen and oxygen atoms in total. The van der Waals surface area contributed by atoms with Crippen LogP contribution in [0, 0.1) is 0 Å². The van der Waals surface area contributed by atoms with Gasteiger partial charge in [-0.15, -0.1) is 0 Å². The molecule has 2 aromatic carbocycles. The lowest BCUT2D eigenvalue weighted by atomic mass is 9.98. The third-order valence-electron chi connectivity index (χ3n) is 3.66. The fraction of sp³-hybridized carbons (Fsp3) is 0.235. The lowest BCUT2D eigenvalue weighted by Crippen LogP contribution is -2.18. The Bertz CT molecular complexity index is 625. The number of rotatable bonds is 3. The van der Waals surface area contributed by atoms with Gasteiger partial charge in [-0.25, -0.2) is 0 Å². The van der Waals surface area contributed by atoms with E-state index >= 15 is 0 Å². The largest absolute Gasteiger partial charge is 0.497 e. The van der Waals surface area contributed by atoms with Crippen LogP contribution in [0.2, 0.25) is 0 Å². The number of hydrogen-bond donors (Lipinski definition) is 1. The van der Waals surface area contributed by atoms with Crippen molar-refractivity contribution in [2.45, 2.75) is 17.7 Å². The molecule has 1 heterocycles. The Kier molecular flexibility index (Phi) is 4.15. The number of hydrogen-bond acceptors (Lipinski definition) is 4. The maximum Gasteiger partial charge on any atom is 0.155 e. The molecule has 4 heteroatoms. The van der Waals surface area contributed by atoms with Gasteiger partial charge in [0, 0.05) is 5.25 Å². The molecule has 1 aliphatic rings. The molecule has 2 N–H and O–H groups in total. The molecule has 3 rings (SSSR count). The summed E-state index contributed by atoms with van der Waals surface area (Å²) in [6.07, 6.45) is 0.960. The van der Waals surface area contributed by atoms with Gasteiger partial charge in [-0.05, 0) is 29.7 Å². The van der Waals surface area contributed by atoms with Crippen molar-refractivity contribution in [1.29, 1.82) is 0 Å². The van der Waals surface area contributed by atoms with Crippen LogP contribution in [0.3, 0.4) is 0 Å². The number of thioether (sulfide) groups is 1. The lowest BCUT2D eigenvalue weighted by molar-refractivity contribution is 0.414. The Labute approximate surface area is 129 Å². The molecule has 0 bridgehead atoms. The van der Waals surface area contributed by atoms with Gasteiger partial charge >= 0.3 is 0 Å². The van der Waals surface area contributed by atoms with E-state index < -0.39 is 0 Å². The number of methoxy groups -OCH3 is 1. The molecule has 2 atom stereocenters. The molecule has 21 heavy (non-hydrogen) atoms. The van der Waals surface area contributed by atoms with Gasteiger partial charge in [-0.2, -0.15) is 0 Å². The van der Waals surface area contributed by atoms with Gasteiger partial charge in [-0.3, -0.25) is 4.99 Å². The highest BCUT2D eigenvalue weighted by Crippen LogP contribution is 2.42. The SMILES string of the molecule is COc1ccc([C@@H]2C[C@H](c3ccccc3)SC(N)=N2)cc1. The fourth-order valence-electron chi connectivity index (χ4n) is 2.54. The van der Waals surface area contributed by atoms with E-state index in [-0.39, 0.29) is 6.04 Å². The van der Waals surface area contributed by atoms with Gasteiger partial charge in [0.2, 0.25) is 0 Å². The zero-order valence-corrected chi connectivity index (χ0v) is 12.7. The first kappa shape index (κ1) is 14.0. The van der Waals surface area contributed by atoms with E-state index in [1.807, 2.05) is 18.2 Å². The molecule has 0 unspecified atom stereocenters. The lowest BCUT2D eigenvalue weighted by Gasteiger charge is -2.26. The van der Waals surface area contributed by atoms with Crippen molar-refractivity contribution < 1.29 is 4.74 Å². The summed E-state index contributed by atoms with van der Waals surface area (Å²) in [5.41, 5.74) is 8.52. The number of amidine groups is 1. The molecule has 0 fully saturated rings. The van der Waals surface area contributed by atoms with Gasteiger partial charge in [0.05, 0.1) is 13.2 Å². The highest BCUT2D eigenvalue weighted by Gasteiger charge is 2.25. The summed E-state index contributed by atoms with van der Waals surface area (Å²) < 4.78 is 5.20. The topological polar surface area (TPSA) is 47.6 Å². The molecular weight excluding hydrogens is 280 g/mol. The highest BCUT2D eigenvalue weighted by atomic mass is 32.2. The van der Waals surface area contributed by atoms with Gasteiger partial charge in [0.1, 0.15) is 5.75 Å². The van der Waals surface area contributed by atoms with E-state index in [1.54, 1.807) is 18.9 Å². The zero-order valence-electron chi connectivity index (χ0n) is 11.9. The maximum atomic E-state index is 6.03. The third-order valence-corrected chi connectivity index (χ3v) is 4.75. The van der Waals surface area contributed by atoms with E-state index in [4.69, 9.17) is 10.5 Å². The van der Waals surface area contributed by atoms with E-state index in [2.05, 4.69) is 41.4 Å². The smallest absolute Gasteiger partial charge is 0.155 e. The van der Waals surface area contributed by atoms with E-state index in [1.165, 1.54) is 11.1 Å². The summed E-state index contributed by atoms with van der Waals surface area (Å²) in [5, 5.41) is 1.02. The van der Waals surface area contributed by atoms with Gasteiger partial charge < -0.3 is 10.5 Å². The van der Waals surface area contributed by atoms with Crippen molar-refractivity contribution in [3.8, 4) is 5.75 Å². The van der Waals surface area contributed by atoms with Gasteiger partial charge in [-0.1, -0.05) is 54.2 Å². The molecule has 0 spiro atoms. The van der Waals surface area contributed by atoms with Crippen molar-refractivity contribution >= 4 is 16.9 Å². The normalized spacial score (nSPS) is 21.7. The predicted molar refractivity (Wildman–Crippen MR) is 88.7 cm³/mol. The quantitative estimate of drug-likeness (QED) is 0.934. The zero-order chi connectivity index (χ0) is 14.7. The minimum atomic E-state index is 0.113. The van der Waals surface area contributed by atoms with Crippen LogP contribution in [0.15, 0.2) is 59.6 Å². The summed E-state index contributed by atoms with van der Waals surface area (Å²) in [5.74, 6) is 0.862. The second-order valence-corrected chi connectivity index (χ2v) is 6.23. The summed E-state index contributed by atoms with van der Waals surface area (Å²) in [6.45, 7) is 0. The van der Waals surface area contributed by atoms with Crippen LogP contribution in [0.4, 0.5) is 0 Å². The van der Waals surface area contributed by atoms with Gasteiger partial charge in [0.25, 0.3) is 0 Å². The van der Waals surface area contributed by atoms with Crippen molar-refractivity contribution in [3.05, 3.63) is 65.7 Å². The molecule has 0 saturated carbocycles. The van der Waals surface area contributed by atoms with Crippen LogP contribution >= 0.6 is 11.8 Å². The summed E-state index contributed by atoms with van der Waals surface area (Å²) >= 11 is 1.65. The van der Waals surface area contributed by atoms with Crippen LogP contribution in [0.25, 0.3) is 0 Å². The van der Waals surface area contributed by atoms with Crippen molar-refractivity contribution in [1.82, 2.24) is 0 Å². The second kappa shape index (κ2) is 6.22. The average Bonchev–Trinajstić information content (AvgIpc) is 2.55. The molecule has 108 valence electrons. The first-order valence-electron chi connectivity index (χ1n) is 6.95. The third kappa shape index (κ3) is 3.22. The minimum Gasteiger partial charge on any atom is -0.497 e. The number of benzene rings is 2. The van der Waals surface area contributed by atoms with E-state index in [0.29, 0.717) is 10.4 Å². The second-order valence-electron chi connectivity index (χ2n) is 5.01. The fourth-order valence-corrected chi connectivity index (χ4v) is 3.59. The molecule has 2 aromatic rings. The van der Waals surface area contributed by atoms with Gasteiger partial charge in [0.15, 0.2) is 5.17 Å². The first-order valence-corrected chi connectivity index (χ1v) is 7.83. The monoisotopic (exact) mass is 298 g/mol. The summed E-state index contributed by atoms with van der Waals surface area (Å²) in [6, 6.07) is 18.7. The Morgan fingerprint density at radius 3 is 2.43 bits per heavy atom. The Morgan fingerprint density at radius 1 is 1.05 bits per heavy atom. The average molecular weight is 298 g/mol. The molecule has 0 amide bonds. The number of aliphatic imine (C=N–C) groups is 1. The molecular formula is C17H18N2OS. The van der Waals surface area contributed by atoms with E-state index in [0.717, 1.165) is 12.2 Å². The van der Waals surface area contributed by atoms with Crippen molar-refractivity contribution in [2.75, 3.05) is 7.11 Å².